The lowest BCUT2D eigenvalue weighted by molar-refractivity contribution is -0.163. The van der Waals surface area contributed by atoms with Crippen molar-refractivity contribution in [1.29, 1.82) is 0 Å². The van der Waals surface area contributed by atoms with Crippen LogP contribution in [0.5, 0.6) is 5.88 Å². The van der Waals surface area contributed by atoms with E-state index in [1.807, 2.05) is 12.1 Å². The molecule has 0 atom stereocenters. The number of piperidine rings is 1. The number of amides is 3. The van der Waals surface area contributed by atoms with Crippen molar-refractivity contribution in [3.8, 4) is 22.8 Å². The van der Waals surface area contributed by atoms with E-state index in [-0.39, 0.29) is 37.1 Å². The molecule has 3 amide bonds. The van der Waals surface area contributed by atoms with Crippen molar-refractivity contribution in [1.82, 2.24) is 30.0 Å². The zero-order chi connectivity index (χ0) is 21.5. The average molecular weight is 418 g/mol. The molecule has 1 aromatic carbocycles. The second kappa shape index (κ2) is 7.31. The number of hydrogen-bond donors (Lipinski definition) is 0. The molecule has 10 heteroatoms. The van der Waals surface area contributed by atoms with Crippen molar-refractivity contribution in [3.05, 3.63) is 53.9 Å². The highest BCUT2D eigenvalue weighted by Crippen LogP contribution is 2.29. The van der Waals surface area contributed by atoms with Crippen LogP contribution in [-0.4, -0.2) is 54.8 Å². The molecule has 0 unspecified atom stereocenters. The molecule has 31 heavy (non-hydrogen) atoms. The number of hydrogen-bond acceptors (Lipinski definition) is 7. The summed E-state index contributed by atoms with van der Waals surface area (Å²) >= 11 is 0. The Hall–Kier alpha value is -4.08. The van der Waals surface area contributed by atoms with E-state index in [9.17, 15) is 14.4 Å². The number of nitrogens with zero attached hydrogens (tertiary/aromatic N) is 6. The summed E-state index contributed by atoms with van der Waals surface area (Å²) in [5, 5.41) is 10.6. The van der Waals surface area contributed by atoms with Crippen LogP contribution in [0.3, 0.4) is 0 Å². The Labute approximate surface area is 177 Å². The number of ether oxygens (including phenoxy) is 1. The van der Waals surface area contributed by atoms with E-state index in [1.54, 1.807) is 42.4 Å². The molecule has 0 spiro atoms. The van der Waals surface area contributed by atoms with Crippen LogP contribution in [0.15, 0.2) is 42.7 Å². The highest BCUT2D eigenvalue weighted by Gasteiger charge is 2.39. The summed E-state index contributed by atoms with van der Waals surface area (Å²) in [6, 6.07) is 8.83. The van der Waals surface area contributed by atoms with Crippen LogP contribution in [-0.2, 0) is 16.1 Å². The summed E-state index contributed by atoms with van der Waals surface area (Å²) in [5.41, 5.74) is 3.35. The molecule has 4 heterocycles. The average Bonchev–Trinajstić information content (AvgIpc) is 3.39. The maximum Gasteiger partial charge on any atom is 0.273 e. The van der Waals surface area contributed by atoms with Crippen molar-refractivity contribution in [2.24, 2.45) is 0 Å². The van der Waals surface area contributed by atoms with Crippen LogP contribution < -0.4 is 4.74 Å². The highest BCUT2D eigenvalue weighted by molar-refractivity contribution is 6.04. The Bertz CT molecular complexity index is 1200. The minimum atomic E-state index is -0.353. The predicted molar refractivity (Wildman–Crippen MR) is 107 cm³/mol. The fourth-order valence-corrected chi connectivity index (χ4v) is 3.81. The molecule has 1 fully saturated rings. The Kier molecular flexibility index (Phi) is 4.46. The summed E-state index contributed by atoms with van der Waals surface area (Å²) in [6.45, 7) is 0.155. The third-order valence-electron chi connectivity index (χ3n) is 5.37. The molecule has 3 aromatic rings. The number of carbonyl (C=O) groups is 3. The Morgan fingerprint density at radius 2 is 1.84 bits per heavy atom. The van der Waals surface area contributed by atoms with E-state index in [4.69, 9.17) is 4.74 Å². The number of methoxy groups -OCH3 is 1. The fourth-order valence-electron chi connectivity index (χ4n) is 3.81. The van der Waals surface area contributed by atoms with Gasteiger partial charge in [0.05, 0.1) is 25.5 Å². The van der Waals surface area contributed by atoms with Crippen molar-refractivity contribution < 1.29 is 19.1 Å². The minimum Gasteiger partial charge on any atom is -0.481 e. The second-order valence-electron chi connectivity index (χ2n) is 7.29. The van der Waals surface area contributed by atoms with Gasteiger partial charge in [0, 0.05) is 36.2 Å². The molecular weight excluding hydrogens is 400 g/mol. The first kappa shape index (κ1) is 18.9. The topological polar surface area (TPSA) is 111 Å². The molecule has 2 aliphatic rings. The number of aromatic nitrogens is 4. The molecule has 5 rings (SSSR count). The van der Waals surface area contributed by atoms with Gasteiger partial charge in [0.15, 0.2) is 0 Å². The third-order valence-corrected chi connectivity index (χ3v) is 5.37. The normalized spacial score (nSPS) is 16.1. The summed E-state index contributed by atoms with van der Waals surface area (Å²) in [4.78, 5) is 41.4. The van der Waals surface area contributed by atoms with Crippen LogP contribution in [0.1, 0.15) is 35.2 Å². The number of imide groups is 1. The van der Waals surface area contributed by atoms with Gasteiger partial charge in [-0.1, -0.05) is 5.21 Å². The second-order valence-corrected chi connectivity index (χ2v) is 7.29. The third kappa shape index (κ3) is 3.21. The number of carbonyl (C=O) groups excluding carboxylic acids is 3. The van der Waals surface area contributed by atoms with Gasteiger partial charge in [-0.25, -0.2) is 14.7 Å². The first-order valence-corrected chi connectivity index (χ1v) is 9.79. The molecule has 2 aliphatic heterocycles. The zero-order valence-corrected chi connectivity index (χ0v) is 16.7. The number of hydrazine groups is 1. The molecule has 0 radical (unpaired) electrons. The van der Waals surface area contributed by atoms with Crippen molar-refractivity contribution in [2.45, 2.75) is 25.8 Å². The van der Waals surface area contributed by atoms with E-state index in [1.165, 1.54) is 5.01 Å². The quantitative estimate of drug-likeness (QED) is 0.594. The Morgan fingerprint density at radius 1 is 1.03 bits per heavy atom. The summed E-state index contributed by atoms with van der Waals surface area (Å²) < 4.78 is 6.75. The standard InChI is InChI=1S/C21H18N6O4/c1-31-18-10-13(7-8-22-18)17-12-25(24-23-17)15-5-6-16-14(9-15)11-26(21(16)30)27-19(28)3-2-4-20(27)29/h5-10,12H,2-4,11H2,1H3. The van der Waals surface area contributed by atoms with Crippen LogP contribution in [0, 0.1) is 0 Å². The molecule has 0 N–H and O–H groups in total. The van der Waals surface area contributed by atoms with E-state index >= 15 is 0 Å². The number of pyridine rings is 1. The minimum absolute atomic E-state index is 0.155. The van der Waals surface area contributed by atoms with E-state index in [2.05, 4.69) is 15.3 Å². The lowest BCUT2D eigenvalue weighted by atomic mass is 10.1. The van der Waals surface area contributed by atoms with Crippen LogP contribution in [0.25, 0.3) is 16.9 Å². The van der Waals surface area contributed by atoms with Crippen LogP contribution >= 0.6 is 0 Å². The lowest BCUT2D eigenvalue weighted by Crippen LogP contribution is -2.51. The molecule has 0 aliphatic carbocycles. The van der Waals surface area contributed by atoms with Gasteiger partial charge < -0.3 is 4.74 Å². The summed E-state index contributed by atoms with van der Waals surface area (Å²) in [7, 11) is 1.54. The summed E-state index contributed by atoms with van der Waals surface area (Å²) in [6.07, 6.45) is 4.44. The maximum atomic E-state index is 12.8. The van der Waals surface area contributed by atoms with Crippen molar-refractivity contribution in [3.63, 3.8) is 0 Å². The lowest BCUT2D eigenvalue weighted by Gasteiger charge is -2.32. The molecule has 10 nitrogen and oxygen atoms in total. The molecule has 0 bridgehead atoms. The van der Waals surface area contributed by atoms with Gasteiger partial charge >= 0.3 is 0 Å². The van der Waals surface area contributed by atoms with Gasteiger partial charge in [-0.15, -0.1) is 5.10 Å². The molecule has 0 saturated carbocycles. The van der Waals surface area contributed by atoms with Gasteiger partial charge in [-0.3, -0.25) is 14.4 Å². The van der Waals surface area contributed by atoms with Crippen LogP contribution in [0.2, 0.25) is 0 Å². The highest BCUT2D eigenvalue weighted by atomic mass is 16.5. The van der Waals surface area contributed by atoms with Gasteiger partial charge in [-0.05, 0) is 36.2 Å². The first-order chi connectivity index (χ1) is 15.0. The molecule has 2 aromatic heterocycles. The number of rotatable bonds is 4. The van der Waals surface area contributed by atoms with Gasteiger partial charge in [-0.2, -0.15) is 5.01 Å². The van der Waals surface area contributed by atoms with Gasteiger partial charge in [0.25, 0.3) is 5.91 Å². The Balaban J connectivity index is 1.43. The van der Waals surface area contributed by atoms with Crippen LogP contribution in [0.4, 0.5) is 0 Å². The molecule has 1 saturated heterocycles. The van der Waals surface area contributed by atoms with E-state index in [0.717, 1.165) is 16.1 Å². The smallest absolute Gasteiger partial charge is 0.273 e. The number of fused-ring (bicyclic) bond motifs is 1. The SMILES string of the molecule is COc1cc(-c2cn(-c3ccc4c(c3)CN(N3C(=O)CCCC3=O)C4=O)nn2)ccn1. The number of benzene rings is 1. The first-order valence-electron chi connectivity index (χ1n) is 9.79. The van der Waals surface area contributed by atoms with Gasteiger partial charge in [0.2, 0.25) is 17.7 Å². The van der Waals surface area contributed by atoms with E-state index in [0.29, 0.717) is 29.2 Å². The largest absolute Gasteiger partial charge is 0.481 e. The van der Waals surface area contributed by atoms with E-state index < -0.39 is 0 Å². The zero-order valence-electron chi connectivity index (χ0n) is 16.7. The predicted octanol–water partition coefficient (Wildman–Crippen LogP) is 1.75. The molecular formula is C21H18N6O4. The summed E-state index contributed by atoms with van der Waals surface area (Å²) in [5.74, 6) is -0.559. The monoisotopic (exact) mass is 418 g/mol. The fraction of sp³-hybridized carbons (Fsp3) is 0.238. The maximum absolute atomic E-state index is 12.8. The molecule has 156 valence electrons. The van der Waals surface area contributed by atoms with Crippen molar-refractivity contribution >= 4 is 17.7 Å². The van der Waals surface area contributed by atoms with Crippen molar-refractivity contribution in [2.75, 3.05) is 7.11 Å². The van der Waals surface area contributed by atoms with Gasteiger partial charge in [0.1, 0.15) is 5.69 Å². The Morgan fingerprint density at radius 3 is 2.61 bits per heavy atom.